The number of benzene rings is 2. The van der Waals surface area contributed by atoms with Crippen LogP contribution in [0.4, 0.5) is 11.4 Å². The summed E-state index contributed by atoms with van der Waals surface area (Å²) in [6.45, 7) is 0. The average Bonchev–Trinajstić information content (AvgIpc) is 3.23. The van der Waals surface area contributed by atoms with Crippen LogP contribution in [0.15, 0.2) is 51.3 Å². The molecule has 0 aliphatic rings. The topological polar surface area (TPSA) is 116 Å². The van der Waals surface area contributed by atoms with E-state index in [4.69, 9.17) is 20.4 Å². The van der Waals surface area contributed by atoms with E-state index in [9.17, 15) is 19.7 Å². The first-order valence-electron chi connectivity index (χ1n) is 7.62. The zero-order valence-electron chi connectivity index (χ0n) is 13.4. The fourth-order valence-corrected chi connectivity index (χ4v) is 2.96. The van der Waals surface area contributed by atoms with Crippen LogP contribution in [0.3, 0.4) is 0 Å². The maximum Gasteiger partial charge on any atom is 0.313 e. The molecule has 0 spiro atoms. The number of rotatable bonds is 4. The molecule has 4 rings (SSSR count). The van der Waals surface area contributed by atoms with Gasteiger partial charge < -0.3 is 14.2 Å². The van der Waals surface area contributed by atoms with Crippen molar-refractivity contribution in [3.8, 4) is 0 Å². The Bertz CT molecular complexity index is 1240. The molecule has 0 saturated carbocycles. The second kappa shape index (κ2) is 6.26. The minimum absolute atomic E-state index is 0.0320. The van der Waals surface area contributed by atoms with Crippen molar-refractivity contribution >= 4 is 57.1 Å². The molecule has 0 saturated heterocycles. The van der Waals surface area contributed by atoms with Crippen molar-refractivity contribution in [2.24, 2.45) is 0 Å². The van der Waals surface area contributed by atoms with E-state index in [0.29, 0.717) is 28.3 Å². The van der Waals surface area contributed by atoms with Gasteiger partial charge in [-0.3, -0.25) is 19.7 Å². The number of anilines is 1. The SMILES string of the molecule is O=Cc1cc2cc(NC(=O)c3cc4cc(Cl)cc([N+](=O)[O-])c4o3)ccc2o1. The smallest absolute Gasteiger partial charge is 0.313 e. The molecule has 2 aromatic heterocycles. The monoisotopic (exact) mass is 384 g/mol. The highest BCUT2D eigenvalue weighted by atomic mass is 35.5. The van der Waals surface area contributed by atoms with Gasteiger partial charge in [0.05, 0.1) is 4.92 Å². The van der Waals surface area contributed by atoms with Gasteiger partial charge in [-0.15, -0.1) is 0 Å². The summed E-state index contributed by atoms with van der Waals surface area (Å²) in [5, 5.41) is 14.9. The molecule has 2 aromatic carbocycles. The predicted octanol–water partition coefficient (Wildman–Crippen LogP) is 4.81. The molecule has 27 heavy (non-hydrogen) atoms. The van der Waals surface area contributed by atoms with Crippen LogP contribution in [-0.2, 0) is 0 Å². The van der Waals surface area contributed by atoms with Crippen LogP contribution in [0.5, 0.6) is 0 Å². The van der Waals surface area contributed by atoms with Gasteiger partial charge in [-0.05, 0) is 36.4 Å². The minimum atomic E-state index is -0.628. The van der Waals surface area contributed by atoms with Crippen molar-refractivity contribution in [1.29, 1.82) is 0 Å². The van der Waals surface area contributed by atoms with Crippen LogP contribution in [0.1, 0.15) is 21.1 Å². The Morgan fingerprint density at radius 1 is 1.11 bits per heavy atom. The zero-order valence-corrected chi connectivity index (χ0v) is 14.1. The molecule has 0 bridgehead atoms. The van der Waals surface area contributed by atoms with Crippen LogP contribution in [0.25, 0.3) is 21.9 Å². The summed E-state index contributed by atoms with van der Waals surface area (Å²) in [7, 11) is 0. The van der Waals surface area contributed by atoms with E-state index in [1.165, 1.54) is 12.1 Å². The Kier molecular flexibility index (Phi) is 3.89. The third kappa shape index (κ3) is 3.02. The second-order valence-corrected chi connectivity index (χ2v) is 6.12. The Labute approximate surface area is 155 Å². The van der Waals surface area contributed by atoms with Gasteiger partial charge >= 0.3 is 5.69 Å². The van der Waals surface area contributed by atoms with Crippen LogP contribution < -0.4 is 5.32 Å². The lowest BCUT2D eigenvalue weighted by Crippen LogP contribution is -2.10. The molecule has 9 heteroatoms. The second-order valence-electron chi connectivity index (χ2n) is 5.68. The van der Waals surface area contributed by atoms with E-state index in [-0.39, 0.29) is 27.8 Å². The average molecular weight is 385 g/mol. The van der Waals surface area contributed by atoms with Gasteiger partial charge in [0, 0.05) is 27.5 Å². The fraction of sp³-hybridized carbons (Fsp3) is 0. The number of nitrogens with one attached hydrogen (secondary N) is 1. The van der Waals surface area contributed by atoms with Gasteiger partial charge in [0.15, 0.2) is 17.8 Å². The molecule has 1 amide bonds. The number of nitrogens with zero attached hydrogens (tertiary/aromatic N) is 1. The van der Waals surface area contributed by atoms with Crippen LogP contribution >= 0.6 is 11.6 Å². The van der Waals surface area contributed by atoms with Crippen LogP contribution in [-0.4, -0.2) is 17.1 Å². The summed E-state index contributed by atoms with van der Waals surface area (Å²) in [5.74, 6) is -0.513. The van der Waals surface area contributed by atoms with Crippen molar-refractivity contribution in [3.05, 3.63) is 69.1 Å². The van der Waals surface area contributed by atoms with Crippen molar-refractivity contribution in [2.45, 2.75) is 0 Å². The lowest BCUT2D eigenvalue weighted by Gasteiger charge is -2.02. The third-order valence-electron chi connectivity index (χ3n) is 3.89. The highest BCUT2D eigenvalue weighted by Gasteiger charge is 2.21. The van der Waals surface area contributed by atoms with Crippen molar-refractivity contribution in [1.82, 2.24) is 0 Å². The molecule has 2 heterocycles. The number of fused-ring (bicyclic) bond motifs is 2. The largest absolute Gasteiger partial charge is 0.453 e. The molecule has 8 nitrogen and oxygen atoms in total. The van der Waals surface area contributed by atoms with E-state index in [1.54, 1.807) is 24.3 Å². The molecule has 0 fully saturated rings. The minimum Gasteiger partial charge on any atom is -0.453 e. The van der Waals surface area contributed by atoms with E-state index in [2.05, 4.69) is 5.32 Å². The highest BCUT2D eigenvalue weighted by molar-refractivity contribution is 6.31. The van der Waals surface area contributed by atoms with Crippen LogP contribution in [0.2, 0.25) is 5.02 Å². The lowest BCUT2D eigenvalue weighted by atomic mass is 10.2. The maximum atomic E-state index is 12.5. The number of hydrogen-bond donors (Lipinski definition) is 1. The highest BCUT2D eigenvalue weighted by Crippen LogP contribution is 2.32. The fourth-order valence-electron chi connectivity index (χ4n) is 2.74. The normalized spacial score (nSPS) is 11.0. The van der Waals surface area contributed by atoms with Gasteiger partial charge in [-0.25, -0.2) is 0 Å². The van der Waals surface area contributed by atoms with E-state index >= 15 is 0 Å². The molecule has 4 aromatic rings. The van der Waals surface area contributed by atoms with Gasteiger partial charge in [0.1, 0.15) is 5.58 Å². The molecule has 0 aliphatic carbocycles. The number of hydrogen-bond acceptors (Lipinski definition) is 6. The van der Waals surface area contributed by atoms with Gasteiger partial charge in [-0.2, -0.15) is 0 Å². The number of furan rings is 2. The lowest BCUT2D eigenvalue weighted by molar-refractivity contribution is -0.383. The first-order chi connectivity index (χ1) is 12.9. The Morgan fingerprint density at radius 3 is 2.67 bits per heavy atom. The third-order valence-corrected chi connectivity index (χ3v) is 4.11. The number of aldehydes is 1. The van der Waals surface area contributed by atoms with E-state index in [1.807, 2.05) is 0 Å². The summed E-state index contributed by atoms with van der Waals surface area (Å²) in [6, 6.07) is 10.4. The van der Waals surface area contributed by atoms with Gasteiger partial charge in [-0.1, -0.05) is 11.6 Å². The first kappa shape index (κ1) is 16.8. The molecular weight excluding hydrogens is 376 g/mol. The van der Waals surface area contributed by atoms with Crippen molar-refractivity contribution in [3.63, 3.8) is 0 Å². The number of amides is 1. The maximum absolute atomic E-state index is 12.5. The van der Waals surface area contributed by atoms with Gasteiger partial charge in [0.2, 0.25) is 5.58 Å². The number of halogens is 1. The van der Waals surface area contributed by atoms with Gasteiger partial charge in [0.25, 0.3) is 5.91 Å². The zero-order chi connectivity index (χ0) is 19.1. The summed E-state index contributed by atoms with van der Waals surface area (Å²) in [6.07, 6.45) is 0.588. The standard InChI is InChI=1S/C18H9ClN2O6/c19-11-3-10-6-16(27-17(10)14(7-11)21(24)25)18(23)20-12-1-2-15-9(4-12)5-13(8-22)26-15/h1-8H,(H,20,23). The predicted molar refractivity (Wildman–Crippen MR) is 97.4 cm³/mol. The van der Waals surface area contributed by atoms with E-state index in [0.717, 1.165) is 6.07 Å². The van der Waals surface area contributed by atoms with Crippen LogP contribution in [0, 0.1) is 10.1 Å². The molecular formula is C18H9ClN2O6. The number of carbonyl (C=O) groups is 2. The summed E-state index contributed by atoms with van der Waals surface area (Å²) < 4.78 is 10.7. The Hall–Kier alpha value is -3.65. The number of non-ortho nitro benzene ring substituents is 1. The summed E-state index contributed by atoms with van der Waals surface area (Å²) in [5.41, 5.74) is 0.594. The Balaban J connectivity index is 1.67. The van der Waals surface area contributed by atoms with E-state index < -0.39 is 10.8 Å². The number of nitro benzene ring substituents is 1. The molecule has 0 aliphatic heterocycles. The van der Waals surface area contributed by atoms with Crippen molar-refractivity contribution < 1.29 is 23.3 Å². The number of carbonyl (C=O) groups excluding carboxylic acids is 2. The molecule has 0 unspecified atom stereocenters. The summed E-state index contributed by atoms with van der Waals surface area (Å²) in [4.78, 5) is 33.7. The quantitative estimate of drug-likeness (QED) is 0.307. The molecule has 134 valence electrons. The molecule has 0 radical (unpaired) electrons. The Morgan fingerprint density at radius 2 is 1.93 bits per heavy atom. The summed E-state index contributed by atoms with van der Waals surface area (Å²) >= 11 is 5.88. The van der Waals surface area contributed by atoms with Crippen molar-refractivity contribution in [2.75, 3.05) is 5.32 Å². The molecule has 1 N–H and O–H groups in total. The molecule has 0 atom stereocenters. The first-order valence-corrected chi connectivity index (χ1v) is 8.00. The number of nitro groups is 1.